The molecule has 1 N–H and O–H groups in total. The van der Waals surface area contributed by atoms with E-state index in [4.69, 9.17) is 4.52 Å². The molecule has 110 valence electrons. The number of pyridine rings is 1. The Morgan fingerprint density at radius 2 is 2.09 bits per heavy atom. The first-order valence-electron chi connectivity index (χ1n) is 7.17. The number of nitrogens with zero attached hydrogens (tertiary/aromatic N) is 4. The summed E-state index contributed by atoms with van der Waals surface area (Å²) >= 11 is 0. The molecule has 0 amide bonds. The highest BCUT2D eigenvalue weighted by molar-refractivity contribution is 5.62. The first-order chi connectivity index (χ1) is 10.8. The lowest BCUT2D eigenvalue weighted by Gasteiger charge is -2.16. The Morgan fingerprint density at radius 1 is 1.18 bits per heavy atom. The average Bonchev–Trinajstić information content (AvgIpc) is 3.05. The molecule has 1 aliphatic rings. The molecule has 7 nitrogen and oxygen atoms in total. The molecule has 0 fully saturated rings. The zero-order valence-electron chi connectivity index (χ0n) is 11.7. The standard InChI is InChI=1S/C15H13N5O2/c21-13-7-10(9-3-1-2-4-11(9)18-13)15-19-14(20-22-15)12-8-16-5-6-17-12/h5-8H,1-4H2,(H,18,21). The van der Waals surface area contributed by atoms with Crippen molar-refractivity contribution in [1.29, 1.82) is 0 Å². The molecule has 0 unspecified atom stereocenters. The van der Waals surface area contributed by atoms with Crippen LogP contribution in [0.15, 0.2) is 34.0 Å². The molecular formula is C15H13N5O2. The second-order valence-corrected chi connectivity index (χ2v) is 5.23. The van der Waals surface area contributed by atoms with E-state index in [1.54, 1.807) is 18.6 Å². The third kappa shape index (κ3) is 2.20. The number of hydrogen-bond donors (Lipinski definition) is 1. The van der Waals surface area contributed by atoms with Crippen molar-refractivity contribution in [3.8, 4) is 23.0 Å². The van der Waals surface area contributed by atoms with Crippen LogP contribution >= 0.6 is 0 Å². The van der Waals surface area contributed by atoms with Crippen LogP contribution in [-0.4, -0.2) is 25.1 Å². The van der Waals surface area contributed by atoms with Crippen molar-refractivity contribution >= 4 is 0 Å². The molecule has 22 heavy (non-hydrogen) atoms. The third-order valence-corrected chi connectivity index (χ3v) is 3.79. The van der Waals surface area contributed by atoms with Crippen LogP contribution < -0.4 is 5.56 Å². The van der Waals surface area contributed by atoms with Gasteiger partial charge in [0.2, 0.25) is 11.4 Å². The van der Waals surface area contributed by atoms with Crippen molar-refractivity contribution in [2.45, 2.75) is 25.7 Å². The van der Waals surface area contributed by atoms with Crippen LogP contribution in [0.3, 0.4) is 0 Å². The minimum atomic E-state index is -0.144. The molecule has 1 aliphatic carbocycles. The quantitative estimate of drug-likeness (QED) is 0.773. The van der Waals surface area contributed by atoms with E-state index < -0.39 is 0 Å². The zero-order chi connectivity index (χ0) is 14.9. The molecule has 3 aromatic rings. The van der Waals surface area contributed by atoms with Crippen molar-refractivity contribution in [3.63, 3.8) is 0 Å². The molecule has 0 atom stereocenters. The largest absolute Gasteiger partial charge is 0.334 e. The first-order valence-corrected chi connectivity index (χ1v) is 7.17. The summed E-state index contributed by atoms with van der Waals surface area (Å²) in [5.74, 6) is 0.720. The number of aromatic amines is 1. The lowest BCUT2D eigenvalue weighted by Crippen LogP contribution is -2.15. The van der Waals surface area contributed by atoms with E-state index >= 15 is 0 Å². The van der Waals surface area contributed by atoms with Crippen LogP contribution in [0.5, 0.6) is 0 Å². The number of H-pyrrole nitrogens is 1. The summed E-state index contributed by atoms with van der Waals surface area (Å²) < 4.78 is 5.34. The third-order valence-electron chi connectivity index (χ3n) is 3.79. The van der Waals surface area contributed by atoms with Crippen molar-refractivity contribution in [2.24, 2.45) is 0 Å². The summed E-state index contributed by atoms with van der Waals surface area (Å²) in [4.78, 5) is 27.3. The van der Waals surface area contributed by atoms with Crippen LogP contribution in [0, 0.1) is 0 Å². The van der Waals surface area contributed by atoms with Gasteiger partial charge in [0.05, 0.1) is 11.8 Å². The fraction of sp³-hybridized carbons (Fsp3) is 0.267. The van der Waals surface area contributed by atoms with Crippen LogP contribution in [0.2, 0.25) is 0 Å². The van der Waals surface area contributed by atoms with Gasteiger partial charge in [0.1, 0.15) is 5.69 Å². The number of rotatable bonds is 2. The number of aryl methyl sites for hydroxylation is 1. The van der Waals surface area contributed by atoms with Gasteiger partial charge in [-0.15, -0.1) is 0 Å². The summed E-state index contributed by atoms with van der Waals surface area (Å²) in [7, 11) is 0. The fourth-order valence-corrected chi connectivity index (χ4v) is 2.79. The maximum absolute atomic E-state index is 11.8. The maximum Gasteiger partial charge on any atom is 0.258 e. The predicted molar refractivity (Wildman–Crippen MR) is 78.0 cm³/mol. The minimum Gasteiger partial charge on any atom is -0.334 e. The van der Waals surface area contributed by atoms with Crippen LogP contribution in [0.4, 0.5) is 0 Å². The van der Waals surface area contributed by atoms with E-state index in [1.807, 2.05) is 0 Å². The molecule has 0 saturated heterocycles. The highest BCUT2D eigenvalue weighted by atomic mass is 16.5. The van der Waals surface area contributed by atoms with Gasteiger partial charge in [0.15, 0.2) is 0 Å². The number of hydrogen-bond acceptors (Lipinski definition) is 6. The molecule has 0 saturated carbocycles. The molecule has 0 aliphatic heterocycles. The van der Waals surface area contributed by atoms with Gasteiger partial charge in [-0.3, -0.25) is 9.78 Å². The Hall–Kier alpha value is -2.83. The van der Waals surface area contributed by atoms with Crippen LogP contribution in [-0.2, 0) is 12.8 Å². The second-order valence-electron chi connectivity index (χ2n) is 5.23. The maximum atomic E-state index is 11.8. The Balaban J connectivity index is 1.82. The van der Waals surface area contributed by atoms with E-state index in [0.717, 1.165) is 42.5 Å². The summed E-state index contributed by atoms with van der Waals surface area (Å²) in [6.45, 7) is 0. The molecule has 0 bridgehead atoms. The van der Waals surface area contributed by atoms with Crippen molar-refractivity contribution < 1.29 is 4.52 Å². The lowest BCUT2D eigenvalue weighted by atomic mass is 9.92. The molecule has 0 aromatic carbocycles. The van der Waals surface area contributed by atoms with Gasteiger partial charge in [-0.2, -0.15) is 4.98 Å². The average molecular weight is 295 g/mol. The zero-order valence-corrected chi connectivity index (χ0v) is 11.7. The summed E-state index contributed by atoms with van der Waals surface area (Å²) in [5.41, 5.74) is 3.19. The number of aromatic nitrogens is 5. The molecule has 0 radical (unpaired) electrons. The Kier molecular flexibility index (Phi) is 3.03. The Morgan fingerprint density at radius 3 is 2.95 bits per heavy atom. The fourth-order valence-electron chi connectivity index (χ4n) is 2.79. The topological polar surface area (TPSA) is 97.6 Å². The monoisotopic (exact) mass is 295 g/mol. The smallest absolute Gasteiger partial charge is 0.258 e. The molecule has 7 heteroatoms. The van der Waals surface area contributed by atoms with E-state index in [2.05, 4.69) is 25.1 Å². The summed E-state index contributed by atoms with van der Waals surface area (Å²) in [5, 5.41) is 3.94. The molecule has 0 spiro atoms. The highest BCUT2D eigenvalue weighted by Crippen LogP contribution is 2.29. The second kappa shape index (κ2) is 5.18. The van der Waals surface area contributed by atoms with Gasteiger partial charge < -0.3 is 9.51 Å². The molecule has 3 aromatic heterocycles. The number of nitrogens with one attached hydrogen (secondary N) is 1. The minimum absolute atomic E-state index is 0.144. The van der Waals surface area contributed by atoms with E-state index in [9.17, 15) is 4.79 Å². The Labute approximate surface area is 125 Å². The summed E-state index contributed by atoms with van der Waals surface area (Å²) in [6.07, 6.45) is 8.69. The van der Waals surface area contributed by atoms with Gasteiger partial charge >= 0.3 is 0 Å². The van der Waals surface area contributed by atoms with E-state index in [0.29, 0.717) is 17.4 Å². The normalized spacial score (nSPS) is 13.8. The summed E-state index contributed by atoms with van der Waals surface area (Å²) in [6, 6.07) is 1.53. The Bertz CT molecular complexity index is 869. The van der Waals surface area contributed by atoms with Gasteiger partial charge in [0.25, 0.3) is 5.89 Å². The first kappa shape index (κ1) is 12.9. The molecule has 4 rings (SSSR count). The highest BCUT2D eigenvalue weighted by Gasteiger charge is 2.20. The lowest BCUT2D eigenvalue weighted by molar-refractivity contribution is 0.431. The van der Waals surface area contributed by atoms with Gasteiger partial charge in [-0.25, -0.2) is 4.98 Å². The van der Waals surface area contributed by atoms with Crippen molar-refractivity contribution in [1.82, 2.24) is 25.1 Å². The van der Waals surface area contributed by atoms with Gasteiger partial charge in [-0.05, 0) is 31.2 Å². The predicted octanol–water partition coefficient (Wildman–Crippen LogP) is 1.76. The van der Waals surface area contributed by atoms with Gasteiger partial charge in [0, 0.05) is 24.2 Å². The van der Waals surface area contributed by atoms with Crippen molar-refractivity contribution in [3.05, 3.63) is 46.3 Å². The van der Waals surface area contributed by atoms with E-state index in [-0.39, 0.29) is 5.56 Å². The van der Waals surface area contributed by atoms with E-state index in [1.165, 1.54) is 6.07 Å². The van der Waals surface area contributed by atoms with Crippen LogP contribution in [0.1, 0.15) is 24.1 Å². The SMILES string of the molecule is O=c1cc(-c2nc(-c3cnccn3)no2)c2c([nH]1)CCCC2. The number of fused-ring (bicyclic) bond motifs is 1. The van der Waals surface area contributed by atoms with Gasteiger partial charge in [-0.1, -0.05) is 5.16 Å². The van der Waals surface area contributed by atoms with Crippen LogP contribution in [0.25, 0.3) is 23.0 Å². The molecular weight excluding hydrogens is 282 g/mol. The van der Waals surface area contributed by atoms with Crippen molar-refractivity contribution in [2.75, 3.05) is 0 Å². The molecule has 3 heterocycles.